The van der Waals surface area contributed by atoms with E-state index >= 15 is 0 Å². The molecule has 0 unspecified atom stereocenters. The van der Waals surface area contributed by atoms with Gasteiger partial charge in [-0.05, 0) is 39.5 Å². The Labute approximate surface area is 87.8 Å². The van der Waals surface area contributed by atoms with Gasteiger partial charge in [0.1, 0.15) is 0 Å². The number of aliphatic hydroxyl groups excluding tert-OH is 1. The van der Waals surface area contributed by atoms with Crippen molar-refractivity contribution in [2.45, 2.75) is 39.5 Å². The van der Waals surface area contributed by atoms with Crippen molar-refractivity contribution in [2.24, 2.45) is 0 Å². The van der Waals surface area contributed by atoms with Gasteiger partial charge in [-0.25, -0.2) is 0 Å². The minimum Gasteiger partial charge on any atom is -0.396 e. The van der Waals surface area contributed by atoms with Gasteiger partial charge >= 0.3 is 0 Å². The first-order chi connectivity index (χ1) is 6.70. The standard InChI is InChI=1S/C13H22O/c1-4-7-13(10-6-11-14)9-5-8-12(2)3/h4,8,10,14H,1,5-7,9,11H2,2-3H3/b13-10+. The highest BCUT2D eigenvalue weighted by molar-refractivity contribution is 5.08. The van der Waals surface area contributed by atoms with E-state index in [1.807, 2.05) is 6.08 Å². The molecule has 0 saturated carbocycles. The molecule has 0 aliphatic rings. The molecule has 1 nitrogen and oxygen atoms in total. The topological polar surface area (TPSA) is 20.2 Å². The zero-order valence-electron chi connectivity index (χ0n) is 9.42. The Balaban J connectivity index is 3.96. The molecule has 0 heterocycles. The second-order valence-corrected chi connectivity index (χ2v) is 3.69. The van der Waals surface area contributed by atoms with Crippen LogP contribution in [0.15, 0.2) is 36.0 Å². The maximum atomic E-state index is 8.71. The molecule has 0 fully saturated rings. The molecule has 80 valence electrons. The SMILES string of the molecule is C=CC/C(=C\CCO)CCC=C(C)C. The normalized spacial score (nSPS) is 11.2. The molecule has 0 atom stereocenters. The monoisotopic (exact) mass is 194 g/mol. The van der Waals surface area contributed by atoms with Crippen molar-refractivity contribution < 1.29 is 5.11 Å². The zero-order valence-corrected chi connectivity index (χ0v) is 9.42. The highest BCUT2D eigenvalue weighted by atomic mass is 16.2. The zero-order chi connectivity index (χ0) is 10.8. The summed E-state index contributed by atoms with van der Waals surface area (Å²) in [5.74, 6) is 0. The van der Waals surface area contributed by atoms with E-state index in [-0.39, 0.29) is 6.61 Å². The van der Waals surface area contributed by atoms with Gasteiger partial charge in [0, 0.05) is 6.61 Å². The van der Waals surface area contributed by atoms with Crippen molar-refractivity contribution >= 4 is 0 Å². The average molecular weight is 194 g/mol. The van der Waals surface area contributed by atoms with Crippen LogP contribution in [-0.2, 0) is 0 Å². The summed E-state index contributed by atoms with van der Waals surface area (Å²) in [5.41, 5.74) is 2.75. The Hall–Kier alpha value is -0.820. The first-order valence-corrected chi connectivity index (χ1v) is 5.23. The van der Waals surface area contributed by atoms with Gasteiger partial charge in [-0.3, -0.25) is 0 Å². The molecule has 0 amide bonds. The Morgan fingerprint density at radius 2 is 1.93 bits per heavy atom. The minimum atomic E-state index is 0.239. The van der Waals surface area contributed by atoms with Crippen LogP contribution in [-0.4, -0.2) is 11.7 Å². The molecule has 0 saturated heterocycles. The van der Waals surface area contributed by atoms with Crippen LogP contribution in [0.1, 0.15) is 39.5 Å². The molecule has 1 heteroatoms. The fourth-order valence-electron chi connectivity index (χ4n) is 1.29. The Morgan fingerprint density at radius 3 is 2.43 bits per heavy atom. The van der Waals surface area contributed by atoms with Gasteiger partial charge in [0.25, 0.3) is 0 Å². The predicted octanol–water partition coefficient (Wildman–Crippen LogP) is 3.62. The van der Waals surface area contributed by atoms with Crippen LogP contribution in [0.3, 0.4) is 0 Å². The van der Waals surface area contributed by atoms with Crippen molar-refractivity contribution in [3.05, 3.63) is 36.0 Å². The Kier molecular flexibility index (Phi) is 8.25. The van der Waals surface area contributed by atoms with Crippen LogP contribution in [0, 0.1) is 0 Å². The molecular formula is C13H22O. The van der Waals surface area contributed by atoms with E-state index in [1.165, 1.54) is 11.1 Å². The van der Waals surface area contributed by atoms with Gasteiger partial charge in [0.05, 0.1) is 0 Å². The van der Waals surface area contributed by atoms with Crippen molar-refractivity contribution in [2.75, 3.05) is 6.61 Å². The fourth-order valence-corrected chi connectivity index (χ4v) is 1.29. The minimum absolute atomic E-state index is 0.239. The molecule has 0 aliphatic carbocycles. The number of rotatable bonds is 7. The molecule has 0 aliphatic heterocycles. The maximum absolute atomic E-state index is 8.71. The number of hydrogen-bond acceptors (Lipinski definition) is 1. The maximum Gasteiger partial charge on any atom is 0.0465 e. The summed E-state index contributed by atoms with van der Waals surface area (Å²) in [6, 6.07) is 0. The van der Waals surface area contributed by atoms with Gasteiger partial charge in [0.2, 0.25) is 0 Å². The third-order valence-electron chi connectivity index (χ3n) is 1.99. The van der Waals surface area contributed by atoms with Gasteiger partial charge in [0.15, 0.2) is 0 Å². The highest BCUT2D eigenvalue weighted by Gasteiger charge is 1.93. The van der Waals surface area contributed by atoms with Crippen LogP contribution in [0.4, 0.5) is 0 Å². The van der Waals surface area contributed by atoms with E-state index in [0.717, 1.165) is 25.7 Å². The Morgan fingerprint density at radius 1 is 1.21 bits per heavy atom. The van der Waals surface area contributed by atoms with Crippen LogP contribution < -0.4 is 0 Å². The summed E-state index contributed by atoms with van der Waals surface area (Å²) in [6.07, 6.45) is 10.2. The van der Waals surface area contributed by atoms with Gasteiger partial charge in [-0.15, -0.1) is 6.58 Å². The molecule has 0 aromatic heterocycles. The van der Waals surface area contributed by atoms with Crippen molar-refractivity contribution in [3.8, 4) is 0 Å². The first-order valence-electron chi connectivity index (χ1n) is 5.23. The van der Waals surface area contributed by atoms with Crippen molar-refractivity contribution in [1.82, 2.24) is 0 Å². The van der Waals surface area contributed by atoms with E-state index in [4.69, 9.17) is 5.11 Å². The molecule has 0 aromatic rings. The van der Waals surface area contributed by atoms with Gasteiger partial charge in [-0.1, -0.05) is 29.4 Å². The third kappa shape index (κ3) is 7.81. The van der Waals surface area contributed by atoms with Crippen LogP contribution in [0.5, 0.6) is 0 Å². The molecule has 0 rings (SSSR count). The fraction of sp³-hybridized carbons (Fsp3) is 0.538. The summed E-state index contributed by atoms with van der Waals surface area (Å²) in [5, 5.41) is 8.71. The molecular weight excluding hydrogens is 172 g/mol. The average Bonchev–Trinajstić information content (AvgIpc) is 2.13. The molecule has 1 N–H and O–H groups in total. The van der Waals surface area contributed by atoms with Crippen molar-refractivity contribution in [3.63, 3.8) is 0 Å². The van der Waals surface area contributed by atoms with Crippen LogP contribution in [0.2, 0.25) is 0 Å². The number of aliphatic hydroxyl groups is 1. The van der Waals surface area contributed by atoms with E-state index in [0.29, 0.717) is 0 Å². The molecule has 0 spiro atoms. The predicted molar refractivity (Wildman–Crippen MR) is 63.3 cm³/mol. The first kappa shape index (κ1) is 13.2. The highest BCUT2D eigenvalue weighted by Crippen LogP contribution is 2.12. The van der Waals surface area contributed by atoms with Crippen LogP contribution >= 0.6 is 0 Å². The molecule has 0 radical (unpaired) electrons. The lowest BCUT2D eigenvalue weighted by Crippen LogP contribution is -1.85. The van der Waals surface area contributed by atoms with Crippen molar-refractivity contribution in [1.29, 1.82) is 0 Å². The van der Waals surface area contributed by atoms with Gasteiger partial charge < -0.3 is 5.11 Å². The number of allylic oxidation sites excluding steroid dienone is 4. The Bertz CT molecular complexity index is 207. The molecule has 0 bridgehead atoms. The largest absolute Gasteiger partial charge is 0.396 e. The van der Waals surface area contributed by atoms with E-state index in [2.05, 4.69) is 32.6 Å². The third-order valence-corrected chi connectivity index (χ3v) is 1.99. The summed E-state index contributed by atoms with van der Waals surface area (Å²) in [6.45, 7) is 8.20. The summed E-state index contributed by atoms with van der Waals surface area (Å²) in [4.78, 5) is 0. The van der Waals surface area contributed by atoms with E-state index < -0.39 is 0 Å². The molecule has 14 heavy (non-hydrogen) atoms. The second kappa shape index (κ2) is 8.76. The van der Waals surface area contributed by atoms with E-state index in [1.54, 1.807) is 0 Å². The van der Waals surface area contributed by atoms with Gasteiger partial charge in [-0.2, -0.15) is 0 Å². The quantitative estimate of drug-likeness (QED) is 0.614. The lowest BCUT2D eigenvalue weighted by molar-refractivity contribution is 0.302. The van der Waals surface area contributed by atoms with Crippen LogP contribution in [0.25, 0.3) is 0 Å². The lowest BCUT2D eigenvalue weighted by atomic mass is 10.0. The lowest BCUT2D eigenvalue weighted by Gasteiger charge is -2.02. The second-order valence-electron chi connectivity index (χ2n) is 3.69. The summed E-state index contributed by atoms with van der Waals surface area (Å²) < 4.78 is 0. The summed E-state index contributed by atoms with van der Waals surface area (Å²) >= 11 is 0. The smallest absolute Gasteiger partial charge is 0.0465 e. The summed E-state index contributed by atoms with van der Waals surface area (Å²) in [7, 11) is 0. The molecule has 0 aromatic carbocycles. The number of hydrogen-bond donors (Lipinski definition) is 1. The van der Waals surface area contributed by atoms with E-state index in [9.17, 15) is 0 Å².